The Hall–Kier alpha value is -1.26. The highest BCUT2D eigenvalue weighted by Gasteiger charge is 2.02. The summed E-state index contributed by atoms with van der Waals surface area (Å²) in [6.45, 7) is 1.90. The topological polar surface area (TPSA) is 51.8 Å². The van der Waals surface area contributed by atoms with Gasteiger partial charge in [-0.3, -0.25) is 0 Å². The van der Waals surface area contributed by atoms with Crippen LogP contribution in [0.1, 0.15) is 11.5 Å². The lowest BCUT2D eigenvalue weighted by molar-refractivity contribution is 0.996. The Morgan fingerprint density at radius 3 is 2.82 bits per heavy atom. The summed E-state index contributed by atoms with van der Waals surface area (Å²) >= 11 is 7.52. The molecule has 0 aliphatic rings. The molecular weight excluding hydrogens is 254 g/mol. The van der Waals surface area contributed by atoms with Gasteiger partial charge in [-0.05, 0) is 31.2 Å². The van der Waals surface area contributed by atoms with Crippen molar-refractivity contribution in [1.29, 1.82) is 0 Å². The minimum absolute atomic E-state index is 0.487. The minimum atomic E-state index is 0.487. The van der Waals surface area contributed by atoms with Gasteiger partial charge >= 0.3 is 0 Å². The van der Waals surface area contributed by atoms with Crippen LogP contribution >= 0.6 is 23.4 Å². The molecule has 0 saturated carbocycles. The van der Waals surface area contributed by atoms with Crippen LogP contribution in [-0.2, 0) is 5.75 Å². The molecule has 0 atom stereocenters. The Morgan fingerprint density at radius 1 is 1.29 bits per heavy atom. The first kappa shape index (κ1) is 12.2. The van der Waals surface area contributed by atoms with Crippen molar-refractivity contribution in [2.75, 3.05) is 5.73 Å². The van der Waals surface area contributed by atoms with E-state index in [0.29, 0.717) is 10.9 Å². The molecule has 0 saturated heterocycles. The van der Waals surface area contributed by atoms with Gasteiger partial charge in [0.05, 0.1) is 5.75 Å². The van der Waals surface area contributed by atoms with Crippen molar-refractivity contribution in [3.63, 3.8) is 0 Å². The van der Waals surface area contributed by atoms with E-state index < -0.39 is 0 Å². The largest absolute Gasteiger partial charge is 0.399 e. The molecule has 0 spiro atoms. The highest BCUT2D eigenvalue weighted by atomic mass is 35.5. The van der Waals surface area contributed by atoms with Crippen LogP contribution in [0.15, 0.2) is 35.2 Å². The van der Waals surface area contributed by atoms with E-state index in [1.807, 2.05) is 31.2 Å². The van der Waals surface area contributed by atoms with E-state index in [1.165, 1.54) is 0 Å². The lowest BCUT2D eigenvalue weighted by Gasteiger charge is -2.03. The van der Waals surface area contributed by atoms with E-state index in [9.17, 15) is 0 Å². The Labute approximate surface area is 109 Å². The van der Waals surface area contributed by atoms with Gasteiger partial charge in [-0.2, -0.15) is 0 Å². The highest BCUT2D eigenvalue weighted by Crippen LogP contribution is 2.23. The fourth-order valence-electron chi connectivity index (χ4n) is 1.41. The molecule has 0 bridgehead atoms. The van der Waals surface area contributed by atoms with Gasteiger partial charge in [0.1, 0.15) is 11.0 Å². The summed E-state index contributed by atoms with van der Waals surface area (Å²) in [6, 6.07) is 9.49. The maximum absolute atomic E-state index is 5.88. The molecule has 1 aromatic heterocycles. The van der Waals surface area contributed by atoms with Crippen LogP contribution in [0, 0.1) is 6.92 Å². The molecule has 0 fully saturated rings. The van der Waals surface area contributed by atoms with Crippen LogP contribution in [-0.4, -0.2) is 9.97 Å². The number of thioether (sulfide) groups is 1. The van der Waals surface area contributed by atoms with Crippen molar-refractivity contribution in [1.82, 2.24) is 9.97 Å². The number of nitrogens with zero attached hydrogens (tertiary/aromatic N) is 2. The maximum atomic E-state index is 5.88. The fraction of sp³-hybridized carbons (Fsp3) is 0.167. The smallest absolute Gasteiger partial charge is 0.140 e. The fourth-order valence-corrected chi connectivity index (χ4v) is 2.48. The molecule has 1 heterocycles. The number of rotatable bonds is 3. The van der Waals surface area contributed by atoms with Crippen molar-refractivity contribution < 1.29 is 0 Å². The highest BCUT2D eigenvalue weighted by molar-refractivity contribution is 7.98. The first-order valence-corrected chi connectivity index (χ1v) is 6.48. The van der Waals surface area contributed by atoms with Crippen LogP contribution in [0.3, 0.4) is 0 Å². The zero-order chi connectivity index (χ0) is 12.3. The molecule has 17 heavy (non-hydrogen) atoms. The van der Waals surface area contributed by atoms with Crippen molar-refractivity contribution in [2.24, 2.45) is 0 Å². The molecular formula is C12H12ClN3S. The van der Waals surface area contributed by atoms with Crippen molar-refractivity contribution in [2.45, 2.75) is 17.6 Å². The summed E-state index contributed by atoms with van der Waals surface area (Å²) in [5.41, 5.74) is 7.35. The lowest BCUT2D eigenvalue weighted by Crippen LogP contribution is -1.95. The second-order valence-corrected chi connectivity index (χ2v) is 5.05. The third kappa shape index (κ3) is 3.61. The number of nitrogen functional groups attached to an aromatic ring is 1. The van der Waals surface area contributed by atoms with E-state index in [1.54, 1.807) is 17.8 Å². The molecule has 88 valence electrons. The van der Waals surface area contributed by atoms with Crippen LogP contribution < -0.4 is 5.73 Å². The van der Waals surface area contributed by atoms with Crippen molar-refractivity contribution in [3.8, 4) is 0 Å². The molecule has 1 aromatic carbocycles. The summed E-state index contributed by atoms with van der Waals surface area (Å²) in [4.78, 5) is 9.60. The maximum Gasteiger partial charge on any atom is 0.140 e. The average molecular weight is 266 g/mol. The Balaban J connectivity index is 2.07. The molecule has 0 aliphatic carbocycles. The summed E-state index contributed by atoms with van der Waals surface area (Å²) in [5.74, 6) is 1.42. The van der Waals surface area contributed by atoms with Gasteiger partial charge in [-0.1, -0.05) is 17.7 Å². The number of aromatic nitrogens is 2. The molecule has 0 unspecified atom stereocenters. The Bertz CT molecular complexity index is 511. The van der Waals surface area contributed by atoms with Crippen LogP contribution in [0.5, 0.6) is 0 Å². The lowest BCUT2D eigenvalue weighted by atomic mass is 10.3. The number of hydrogen-bond donors (Lipinski definition) is 1. The molecule has 5 heteroatoms. The normalized spacial score (nSPS) is 10.5. The summed E-state index contributed by atoms with van der Waals surface area (Å²) in [6.07, 6.45) is 0. The number of hydrogen-bond acceptors (Lipinski definition) is 4. The standard InChI is InChI=1S/C12H12ClN3S/c1-8-5-11(13)16-12(15-8)7-17-10-4-2-3-9(14)6-10/h2-6H,7,14H2,1H3. The van der Waals surface area contributed by atoms with Crippen LogP contribution in [0.25, 0.3) is 0 Å². The van der Waals surface area contributed by atoms with Gasteiger partial charge < -0.3 is 5.73 Å². The zero-order valence-electron chi connectivity index (χ0n) is 9.35. The van der Waals surface area contributed by atoms with Gasteiger partial charge in [0.2, 0.25) is 0 Å². The van der Waals surface area contributed by atoms with Crippen molar-refractivity contribution in [3.05, 3.63) is 47.0 Å². The molecule has 0 aliphatic heterocycles. The third-order valence-corrected chi connectivity index (χ3v) is 3.28. The average Bonchev–Trinajstić information content (AvgIpc) is 2.25. The number of aryl methyl sites for hydroxylation is 1. The number of anilines is 1. The van der Waals surface area contributed by atoms with E-state index in [4.69, 9.17) is 17.3 Å². The van der Waals surface area contributed by atoms with E-state index in [2.05, 4.69) is 9.97 Å². The molecule has 2 N–H and O–H groups in total. The second-order valence-electron chi connectivity index (χ2n) is 3.61. The van der Waals surface area contributed by atoms with Gasteiger partial charge in [0.15, 0.2) is 0 Å². The number of halogens is 1. The van der Waals surface area contributed by atoms with E-state index in [-0.39, 0.29) is 0 Å². The molecule has 3 nitrogen and oxygen atoms in total. The SMILES string of the molecule is Cc1cc(Cl)nc(CSc2cccc(N)c2)n1. The van der Waals surface area contributed by atoms with Gasteiger partial charge in [-0.25, -0.2) is 9.97 Å². The molecule has 2 rings (SSSR count). The predicted octanol–water partition coefficient (Wildman–Crippen LogP) is 3.31. The molecule has 0 radical (unpaired) electrons. The zero-order valence-corrected chi connectivity index (χ0v) is 10.9. The van der Waals surface area contributed by atoms with E-state index in [0.717, 1.165) is 22.1 Å². The monoisotopic (exact) mass is 265 g/mol. The quantitative estimate of drug-likeness (QED) is 0.526. The van der Waals surface area contributed by atoms with Crippen molar-refractivity contribution >= 4 is 29.1 Å². The third-order valence-electron chi connectivity index (χ3n) is 2.10. The number of nitrogens with two attached hydrogens (primary N) is 1. The summed E-state index contributed by atoms with van der Waals surface area (Å²) < 4.78 is 0. The van der Waals surface area contributed by atoms with E-state index >= 15 is 0 Å². The minimum Gasteiger partial charge on any atom is -0.399 e. The van der Waals surface area contributed by atoms with Gasteiger partial charge in [-0.15, -0.1) is 11.8 Å². The Kier molecular flexibility index (Phi) is 3.86. The number of benzene rings is 1. The second kappa shape index (κ2) is 5.38. The van der Waals surface area contributed by atoms with Gasteiger partial charge in [0, 0.05) is 16.3 Å². The van der Waals surface area contributed by atoms with Crippen LogP contribution in [0.2, 0.25) is 5.15 Å². The molecule has 0 amide bonds. The Morgan fingerprint density at radius 2 is 2.12 bits per heavy atom. The first-order valence-electron chi connectivity index (χ1n) is 5.12. The molecule has 2 aromatic rings. The first-order chi connectivity index (χ1) is 8.13. The van der Waals surface area contributed by atoms with Crippen LogP contribution in [0.4, 0.5) is 5.69 Å². The van der Waals surface area contributed by atoms with Gasteiger partial charge in [0.25, 0.3) is 0 Å². The summed E-state index contributed by atoms with van der Waals surface area (Å²) in [7, 11) is 0. The summed E-state index contributed by atoms with van der Waals surface area (Å²) in [5, 5.41) is 0.487. The predicted molar refractivity (Wildman–Crippen MR) is 72.2 cm³/mol.